The van der Waals surface area contributed by atoms with E-state index in [9.17, 15) is 18.3 Å². The van der Waals surface area contributed by atoms with Crippen molar-refractivity contribution < 1.29 is 23.0 Å². The maximum atomic E-state index is 13.6. The molecule has 10 heteroatoms. The van der Waals surface area contributed by atoms with E-state index in [-0.39, 0.29) is 37.5 Å². The predicted octanol–water partition coefficient (Wildman–Crippen LogP) is 4.54. The minimum absolute atomic E-state index is 0.0523. The summed E-state index contributed by atoms with van der Waals surface area (Å²) in [6.45, 7) is 6.39. The maximum absolute atomic E-state index is 13.6. The lowest BCUT2D eigenvalue weighted by Crippen LogP contribution is -2.27. The van der Waals surface area contributed by atoms with Crippen molar-refractivity contribution in [2.24, 2.45) is 5.73 Å². The zero-order chi connectivity index (χ0) is 26.3. The minimum atomic E-state index is -4.48. The second-order valence-corrected chi connectivity index (χ2v) is 9.48. The van der Waals surface area contributed by atoms with Crippen molar-refractivity contribution in [3.05, 3.63) is 64.5 Å². The Balaban J connectivity index is 1.85. The molecule has 4 aromatic rings. The first-order valence-electron chi connectivity index (χ1n) is 11.7. The van der Waals surface area contributed by atoms with Gasteiger partial charge >= 0.3 is 6.18 Å². The van der Waals surface area contributed by atoms with Crippen LogP contribution in [0.25, 0.3) is 21.9 Å². The summed E-state index contributed by atoms with van der Waals surface area (Å²) in [5.74, 6) is 0.801. The number of aliphatic hydroxyl groups is 1. The van der Waals surface area contributed by atoms with Crippen molar-refractivity contribution in [1.82, 2.24) is 14.5 Å². The number of nitrogens with zero attached hydrogens (tertiary/aromatic N) is 3. The highest BCUT2D eigenvalue weighted by Gasteiger charge is 2.33. The van der Waals surface area contributed by atoms with Gasteiger partial charge in [0, 0.05) is 18.5 Å². The molecule has 0 unspecified atom stereocenters. The van der Waals surface area contributed by atoms with Crippen LogP contribution >= 0.6 is 0 Å². The van der Waals surface area contributed by atoms with Crippen molar-refractivity contribution in [3.63, 3.8) is 0 Å². The van der Waals surface area contributed by atoms with Gasteiger partial charge in [0.15, 0.2) is 5.82 Å². The number of nitrogen functional groups attached to an aromatic ring is 1. The Bertz CT molecular complexity index is 1410. The lowest BCUT2D eigenvalue weighted by molar-refractivity contribution is -0.138. The molecule has 0 aliphatic heterocycles. The average Bonchev–Trinajstić information content (AvgIpc) is 3.14. The molecule has 36 heavy (non-hydrogen) atoms. The summed E-state index contributed by atoms with van der Waals surface area (Å²) in [7, 11) is 0. The van der Waals surface area contributed by atoms with E-state index in [1.807, 2.05) is 17.6 Å². The number of ether oxygens (including phenoxy) is 1. The number of aromatic nitrogens is 3. The second kappa shape index (κ2) is 9.68. The molecule has 7 nitrogen and oxygen atoms in total. The Kier molecular flexibility index (Phi) is 6.96. The normalized spacial score (nSPS) is 12.7. The number of nitrogens with two attached hydrogens (primary N) is 2. The Labute approximate surface area is 206 Å². The molecule has 0 aliphatic rings. The monoisotopic (exact) mass is 501 g/mol. The lowest BCUT2D eigenvalue weighted by atomic mass is 9.96. The highest BCUT2D eigenvalue weighted by Crippen LogP contribution is 2.35. The summed E-state index contributed by atoms with van der Waals surface area (Å²) in [5.41, 5.74) is 13.3. The van der Waals surface area contributed by atoms with Crippen LogP contribution in [-0.2, 0) is 37.0 Å². The van der Waals surface area contributed by atoms with Gasteiger partial charge in [-0.2, -0.15) is 13.2 Å². The summed E-state index contributed by atoms with van der Waals surface area (Å²) < 4.78 is 48.4. The third kappa shape index (κ3) is 5.30. The molecule has 2 aromatic carbocycles. The Hall–Kier alpha value is -3.21. The van der Waals surface area contributed by atoms with E-state index in [1.54, 1.807) is 26.0 Å². The van der Waals surface area contributed by atoms with Crippen molar-refractivity contribution in [2.45, 2.75) is 58.7 Å². The van der Waals surface area contributed by atoms with Crippen LogP contribution in [0.3, 0.4) is 0 Å². The molecule has 0 saturated carbocycles. The molecule has 0 fully saturated rings. The van der Waals surface area contributed by atoms with Gasteiger partial charge in [0.25, 0.3) is 0 Å². The van der Waals surface area contributed by atoms with Gasteiger partial charge < -0.3 is 25.9 Å². The number of hydrogen-bond acceptors (Lipinski definition) is 6. The van der Waals surface area contributed by atoms with Crippen molar-refractivity contribution in [1.29, 1.82) is 0 Å². The van der Waals surface area contributed by atoms with E-state index >= 15 is 0 Å². The molecular weight excluding hydrogens is 471 g/mol. The molecule has 0 radical (unpaired) electrons. The van der Waals surface area contributed by atoms with Gasteiger partial charge in [-0.15, -0.1) is 0 Å². The third-order valence-electron chi connectivity index (χ3n) is 5.93. The van der Waals surface area contributed by atoms with Crippen LogP contribution in [0, 0.1) is 0 Å². The highest BCUT2D eigenvalue weighted by atomic mass is 19.4. The molecule has 0 bridgehead atoms. The maximum Gasteiger partial charge on any atom is 0.416 e. The van der Waals surface area contributed by atoms with Crippen LogP contribution in [0.4, 0.5) is 19.0 Å². The third-order valence-corrected chi connectivity index (χ3v) is 5.93. The number of alkyl halides is 3. The van der Waals surface area contributed by atoms with Crippen LogP contribution in [0.1, 0.15) is 48.8 Å². The first-order chi connectivity index (χ1) is 16.9. The number of benzene rings is 2. The molecule has 2 aromatic heterocycles. The van der Waals surface area contributed by atoms with Crippen LogP contribution in [-0.4, -0.2) is 31.8 Å². The summed E-state index contributed by atoms with van der Waals surface area (Å²) in [6, 6.07) is 9.30. The summed E-state index contributed by atoms with van der Waals surface area (Å²) in [6.07, 6.45) is -4.43. The van der Waals surface area contributed by atoms with Gasteiger partial charge in [0.05, 0.1) is 28.7 Å². The fourth-order valence-electron chi connectivity index (χ4n) is 4.39. The van der Waals surface area contributed by atoms with E-state index in [4.69, 9.17) is 16.2 Å². The number of fused-ring (bicyclic) bond motifs is 3. The molecule has 0 spiro atoms. The highest BCUT2D eigenvalue weighted by molar-refractivity contribution is 6.06. The van der Waals surface area contributed by atoms with Crippen molar-refractivity contribution in [2.75, 3.05) is 12.3 Å². The topological polar surface area (TPSA) is 112 Å². The summed E-state index contributed by atoms with van der Waals surface area (Å²) >= 11 is 0. The zero-order valence-corrected chi connectivity index (χ0v) is 20.5. The minimum Gasteiger partial charge on any atom is -0.389 e. The van der Waals surface area contributed by atoms with Gasteiger partial charge in [-0.1, -0.05) is 24.3 Å². The Morgan fingerprint density at radius 3 is 2.42 bits per heavy atom. The van der Waals surface area contributed by atoms with Gasteiger partial charge in [-0.3, -0.25) is 0 Å². The second-order valence-electron chi connectivity index (χ2n) is 9.48. The molecule has 0 saturated heterocycles. The Morgan fingerprint density at radius 2 is 1.78 bits per heavy atom. The number of anilines is 1. The van der Waals surface area contributed by atoms with Crippen LogP contribution in [0.15, 0.2) is 36.4 Å². The van der Waals surface area contributed by atoms with Crippen molar-refractivity contribution >= 4 is 27.8 Å². The van der Waals surface area contributed by atoms with Crippen LogP contribution in [0.5, 0.6) is 0 Å². The van der Waals surface area contributed by atoms with Gasteiger partial charge in [-0.05, 0) is 56.0 Å². The molecule has 0 aliphatic carbocycles. The number of imidazole rings is 1. The number of pyridine rings is 1. The molecule has 5 N–H and O–H groups in total. The standard InChI is InChI=1S/C26H30F3N5O2/c1-4-36-13-21-33-22-23(34(21)14-25(2,3)35)18-7-5-15(11-20(18)32-24(22)31)9-17-10-16(12-30)6-8-19(17)26(27,28)29/h5-8,10-11,35H,4,9,12-14,30H2,1-3H3,(H2,31,32). The fourth-order valence-corrected chi connectivity index (χ4v) is 4.39. The number of hydrogen-bond donors (Lipinski definition) is 3. The first-order valence-corrected chi connectivity index (χ1v) is 11.7. The van der Waals surface area contributed by atoms with Crippen LogP contribution < -0.4 is 11.5 Å². The first kappa shape index (κ1) is 25.9. The van der Waals surface area contributed by atoms with Crippen molar-refractivity contribution in [3.8, 4) is 0 Å². The summed E-state index contributed by atoms with van der Waals surface area (Å²) in [5, 5.41) is 11.3. The van der Waals surface area contributed by atoms with Gasteiger partial charge in [0.1, 0.15) is 17.9 Å². The smallest absolute Gasteiger partial charge is 0.389 e. The van der Waals surface area contributed by atoms with E-state index in [0.717, 1.165) is 11.5 Å². The zero-order valence-electron chi connectivity index (χ0n) is 20.5. The lowest BCUT2D eigenvalue weighted by Gasteiger charge is -2.21. The van der Waals surface area contributed by atoms with Crippen LogP contribution in [0.2, 0.25) is 0 Å². The van der Waals surface area contributed by atoms with E-state index in [2.05, 4.69) is 9.97 Å². The average molecular weight is 502 g/mol. The molecular formula is C26H30F3N5O2. The number of halogens is 3. The van der Waals surface area contributed by atoms with E-state index < -0.39 is 17.3 Å². The van der Waals surface area contributed by atoms with E-state index in [1.165, 1.54) is 12.1 Å². The Morgan fingerprint density at radius 1 is 1.06 bits per heavy atom. The largest absolute Gasteiger partial charge is 0.416 e. The fraction of sp³-hybridized carbons (Fsp3) is 0.385. The van der Waals surface area contributed by atoms with Gasteiger partial charge in [-0.25, -0.2) is 9.97 Å². The van der Waals surface area contributed by atoms with E-state index in [0.29, 0.717) is 40.1 Å². The molecule has 0 amide bonds. The predicted molar refractivity (Wildman–Crippen MR) is 133 cm³/mol. The molecule has 2 heterocycles. The summed E-state index contributed by atoms with van der Waals surface area (Å²) in [4.78, 5) is 9.13. The molecule has 192 valence electrons. The molecule has 0 atom stereocenters. The van der Waals surface area contributed by atoms with Gasteiger partial charge in [0.2, 0.25) is 0 Å². The SMILES string of the molecule is CCOCc1nc2c(N)nc3cc(Cc4cc(CN)ccc4C(F)(F)F)ccc3c2n1CC(C)(C)O. The quantitative estimate of drug-likeness (QED) is 0.327. The molecule has 4 rings (SSSR count). The number of rotatable bonds is 8.